The molecule has 8 nitrogen and oxygen atoms in total. The minimum absolute atomic E-state index is 0.0197. The maximum Gasteiger partial charge on any atom is 0.259 e. The van der Waals surface area contributed by atoms with Gasteiger partial charge in [-0.15, -0.1) is 0 Å². The van der Waals surface area contributed by atoms with Crippen molar-refractivity contribution in [2.45, 2.75) is 45.6 Å². The summed E-state index contributed by atoms with van der Waals surface area (Å²) >= 11 is 0. The third kappa shape index (κ3) is 5.76. The fourth-order valence-electron chi connectivity index (χ4n) is 5.27. The van der Waals surface area contributed by atoms with Gasteiger partial charge in [-0.05, 0) is 75.3 Å². The Kier molecular flexibility index (Phi) is 7.57. The molecule has 2 aliphatic rings. The number of benzene rings is 1. The number of rotatable bonds is 5. The molecule has 1 fully saturated rings. The normalized spacial score (nSPS) is 19.5. The summed E-state index contributed by atoms with van der Waals surface area (Å²) in [5.41, 5.74) is 10.8. The number of carbonyl (C=O) groups is 2. The number of nitrogens with zero attached hydrogens (tertiary/aromatic N) is 3. The van der Waals surface area contributed by atoms with Crippen molar-refractivity contribution in [2.75, 3.05) is 18.0 Å². The summed E-state index contributed by atoms with van der Waals surface area (Å²) < 4.78 is 15.3. The molecule has 0 bridgehead atoms. The first-order chi connectivity index (χ1) is 18.8. The van der Waals surface area contributed by atoms with Crippen molar-refractivity contribution >= 4 is 29.2 Å². The van der Waals surface area contributed by atoms with Crippen LogP contribution in [0.15, 0.2) is 36.9 Å². The van der Waals surface area contributed by atoms with Crippen molar-refractivity contribution in [3.63, 3.8) is 0 Å². The maximum atomic E-state index is 15.3. The molecule has 0 spiro atoms. The van der Waals surface area contributed by atoms with E-state index in [0.29, 0.717) is 28.9 Å². The van der Waals surface area contributed by atoms with Gasteiger partial charge in [-0.2, -0.15) is 0 Å². The Morgan fingerprint density at radius 1 is 1.21 bits per heavy atom. The number of nitrogens with two attached hydrogens (primary N) is 1. The summed E-state index contributed by atoms with van der Waals surface area (Å²) in [5.74, 6) is 4.46. The highest BCUT2D eigenvalue weighted by atomic mass is 19.1. The Morgan fingerprint density at radius 2 is 1.95 bits per heavy atom. The molecule has 0 saturated heterocycles. The lowest BCUT2D eigenvalue weighted by Gasteiger charge is -2.30. The summed E-state index contributed by atoms with van der Waals surface area (Å²) in [6.07, 6.45) is 9.99. The summed E-state index contributed by atoms with van der Waals surface area (Å²) in [5, 5.41) is 2.64. The van der Waals surface area contributed by atoms with E-state index >= 15 is 4.39 Å². The first kappa shape index (κ1) is 26.3. The molecular weight excluding hydrogens is 495 g/mol. The Hall–Kier alpha value is -4.29. The second kappa shape index (κ2) is 11.2. The molecule has 1 saturated carbocycles. The van der Waals surface area contributed by atoms with Crippen LogP contribution in [0, 0.1) is 37.4 Å². The van der Waals surface area contributed by atoms with Crippen molar-refractivity contribution in [1.82, 2.24) is 20.3 Å². The number of hydrogen-bond acceptors (Lipinski definition) is 5. The summed E-state index contributed by atoms with van der Waals surface area (Å²) in [6.45, 7) is 4.42. The second-order valence-corrected chi connectivity index (χ2v) is 10.3. The molecule has 39 heavy (non-hydrogen) atoms. The summed E-state index contributed by atoms with van der Waals surface area (Å²) in [7, 11) is 0. The highest BCUT2D eigenvalue weighted by Gasteiger charge is 2.36. The van der Waals surface area contributed by atoms with Crippen LogP contribution in [0.4, 0.5) is 10.1 Å². The van der Waals surface area contributed by atoms with Crippen LogP contribution < -0.4 is 16.0 Å². The van der Waals surface area contributed by atoms with E-state index in [-0.39, 0.29) is 30.0 Å². The average Bonchev–Trinajstić information content (AvgIpc) is 3.37. The predicted octanol–water partition coefficient (Wildman–Crippen LogP) is 3.75. The van der Waals surface area contributed by atoms with Crippen molar-refractivity contribution in [3.8, 4) is 11.8 Å². The minimum atomic E-state index is -0.695. The van der Waals surface area contributed by atoms with Crippen molar-refractivity contribution < 1.29 is 14.0 Å². The van der Waals surface area contributed by atoms with Crippen molar-refractivity contribution in [1.29, 1.82) is 0 Å². The van der Waals surface area contributed by atoms with Crippen LogP contribution in [0.25, 0.3) is 11.6 Å². The van der Waals surface area contributed by atoms with Gasteiger partial charge in [-0.1, -0.05) is 11.8 Å². The van der Waals surface area contributed by atoms with Gasteiger partial charge in [-0.3, -0.25) is 9.59 Å². The van der Waals surface area contributed by atoms with Crippen molar-refractivity contribution in [2.24, 2.45) is 11.7 Å². The van der Waals surface area contributed by atoms with E-state index < -0.39 is 11.7 Å². The third-order valence-corrected chi connectivity index (χ3v) is 7.33. The zero-order valence-electron chi connectivity index (χ0n) is 22.1. The molecule has 0 unspecified atom stereocenters. The molecular formula is C30H31FN6O2. The van der Waals surface area contributed by atoms with E-state index in [0.717, 1.165) is 42.6 Å². The van der Waals surface area contributed by atoms with E-state index in [4.69, 9.17) is 5.73 Å². The van der Waals surface area contributed by atoms with E-state index in [9.17, 15) is 9.59 Å². The number of aromatic nitrogens is 3. The van der Waals surface area contributed by atoms with Gasteiger partial charge in [0.1, 0.15) is 12.1 Å². The quantitative estimate of drug-likeness (QED) is 0.346. The number of amides is 2. The van der Waals surface area contributed by atoms with Crippen LogP contribution >= 0.6 is 0 Å². The molecule has 0 atom stereocenters. The van der Waals surface area contributed by atoms with Crippen LogP contribution in [-0.4, -0.2) is 45.9 Å². The van der Waals surface area contributed by atoms with E-state index in [1.165, 1.54) is 18.5 Å². The molecule has 4 N–H and O–H groups in total. The number of H-pyrrole nitrogens is 1. The third-order valence-electron chi connectivity index (χ3n) is 7.33. The monoisotopic (exact) mass is 526 g/mol. The molecule has 9 heteroatoms. The topological polar surface area (TPSA) is 117 Å². The first-order valence-corrected chi connectivity index (χ1v) is 13.1. The zero-order chi connectivity index (χ0) is 27.5. The number of hydrogen-bond donors (Lipinski definition) is 3. The van der Waals surface area contributed by atoms with Gasteiger partial charge in [0.05, 0.1) is 28.9 Å². The number of fused-ring (bicyclic) bond motifs is 1. The lowest BCUT2D eigenvalue weighted by atomic mass is 9.86. The predicted molar refractivity (Wildman–Crippen MR) is 148 cm³/mol. The van der Waals surface area contributed by atoms with E-state index in [1.54, 1.807) is 23.4 Å². The van der Waals surface area contributed by atoms with Crippen LogP contribution in [0.2, 0.25) is 0 Å². The van der Waals surface area contributed by atoms with Gasteiger partial charge in [-0.25, -0.2) is 14.4 Å². The molecule has 1 aliphatic carbocycles. The molecule has 0 radical (unpaired) electrons. The SMILES string of the molecule is Cc1cc(C)c(/C=C2\C(=O)N(CC3CCC(N)CC3)c3cc(C(=O)NCC#Cc4cncnc4)c(F)cc32)[nH]1. The molecule has 3 heterocycles. The first-order valence-electron chi connectivity index (χ1n) is 13.1. The Balaban J connectivity index is 1.44. The highest BCUT2D eigenvalue weighted by Crippen LogP contribution is 2.41. The van der Waals surface area contributed by atoms with Gasteiger partial charge < -0.3 is 20.9 Å². The number of anilines is 1. The summed E-state index contributed by atoms with van der Waals surface area (Å²) in [6, 6.07) is 4.97. The summed E-state index contributed by atoms with van der Waals surface area (Å²) in [4.78, 5) is 39.4. The maximum absolute atomic E-state index is 15.3. The van der Waals surface area contributed by atoms with Gasteiger partial charge in [0, 0.05) is 41.9 Å². The number of aryl methyl sites for hydroxylation is 2. The van der Waals surface area contributed by atoms with Gasteiger partial charge in [0.15, 0.2) is 0 Å². The van der Waals surface area contributed by atoms with Gasteiger partial charge in [0.25, 0.3) is 11.8 Å². The van der Waals surface area contributed by atoms with Crippen LogP contribution in [0.3, 0.4) is 0 Å². The van der Waals surface area contributed by atoms with Gasteiger partial charge in [0.2, 0.25) is 0 Å². The van der Waals surface area contributed by atoms with Crippen molar-refractivity contribution in [3.05, 3.63) is 76.4 Å². The molecule has 1 aliphatic heterocycles. The Bertz CT molecular complexity index is 1490. The highest BCUT2D eigenvalue weighted by molar-refractivity contribution is 6.36. The number of nitrogens with one attached hydrogen (secondary N) is 2. The zero-order valence-corrected chi connectivity index (χ0v) is 22.1. The van der Waals surface area contributed by atoms with E-state index in [2.05, 4.69) is 32.1 Å². The Morgan fingerprint density at radius 3 is 2.64 bits per heavy atom. The van der Waals surface area contributed by atoms with Crippen LogP contribution in [0.1, 0.15) is 64.1 Å². The molecule has 2 aromatic heterocycles. The van der Waals surface area contributed by atoms with E-state index in [1.807, 2.05) is 19.9 Å². The smallest absolute Gasteiger partial charge is 0.259 e. The molecule has 1 aromatic carbocycles. The lowest BCUT2D eigenvalue weighted by molar-refractivity contribution is -0.113. The Labute approximate surface area is 226 Å². The second-order valence-electron chi connectivity index (χ2n) is 10.3. The number of carbonyl (C=O) groups excluding carboxylic acids is 2. The van der Waals surface area contributed by atoms with Gasteiger partial charge >= 0.3 is 0 Å². The molecule has 2 amide bonds. The molecule has 5 rings (SSSR count). The number of halogens is 1. The standard InChI is InChI=1S/C30H31FN6O2/c1-18-10-19(2)36-27(18)12-24-23-11-26(31)25(29(38)35-9-3-4-21-14-33-17-34-15-21)13-28(23)37(30(24)39)16-20-5-7-22(32)8-6-20/h10-15,17,20,22,36H,5-9,16,32H2,1-2H3,(H,35,38)/b24-12-. The van der Waals surface area contributed by atoms with Crippen LogP contribution in [-0.2, 0) is 4.79 Å². The fourth-order valence-corrected chi connectivity index (χ4v) is 5.27. The average molecular weight is 527 g/mol. The number of aromatic amines is 1. The molecule has 200 valence electrons. The largest absolute Gasteiger partial charge is 0.359 e. The minimum Gasteiger partial charge on any atom is -0.359 e. The fraction of sp³-hybridized carbons (Fsp3) is 0.333. The lowest BCUT2D eigenvalue weighted by Crippen LogP contribution is -2.36. The molecule has 3 aromatic rings. The van der Waals surface area contributed by atoms with Crippen LogP contribution in [0.5, 0.6) is 0 Å².